The number of carbonyl (C=O) groups is 1. The van der Waals surface area contributed by atoms with E-state index in [4.69, 9.17) is 5.73 Å². The van der Waals surface area contributed by atoms with Crippen molar-refractivity contribution in [2.24, 2.45) is 0 Å². The second kappa shape index (κ2) is 5.32. The van der Waals surface area contributed by atoms with E-state index in [0.717, 1.165) is 17.0 Å². The van der Waals surface area contributed by atoms with Gasteiger partial charge in [-0.3, -0.25) is 4.79 Å². The molecule has 0 aliphatic heterocycles. The van der Waals surface area contributed by atoms with Crippen LogP contribution in [-0.4, -0.2) is 35.1 Å². The quantitative estimate of drug-likeness (QED) is 0.838. The van der Waals surface area contributed by atoms with E-state index < -0.39 is 28.9 Å². The van der Waals surface area contributed by atoms with Crippen molar-refractivity contribution in [2.75, 3.05) is 19.3 Å². The van der Waals surface area contributed by atoms with E-state index in [-0.39, 0.29) is 12.1 Å². The van der Waals surface area contributed by atoms with E-state index in [0.29, 0.717) is 0 Å². The number of nitrogens with zero attached hydrogens (tertiary/aromatic N) is 1. The van der Waals surface area contributed by atoms with Crippen molar-refractivity contribution in [2.45, 2.75) is 25.6 Å². The molecule has 0 aliphatic rings. The van der Waals surface area contributed by atoms with Crippen LogP contribution in [0.25, 0.3) is 0 Å². The zero-order valence-corrected chi connectivity index (χ0v) is 11.5. The van der Waals surface area contributed by atoms with Crippen LogP contribution >= 0.6 is 0 Å². The number of hydrogen-bond donors (Lipinski definition) is 2. The largest absolute Gasteiger partial charge is 0.418 e. The van der Waals surface area contributed by atoms with Gasteiger partial charge in [0.15, 0.2) is 0 Å². The molecule has 1 aromatic carbocycles. The number of nitrogen functional groups attached to an aromatic ring is 1. The number of aliphatic hydroxyl groups is 1. The number of anilines is 1. The van der Waals surface area contributed by atoms with Gasteiger partial charge in [0, 0.05) is 24.8 Å². The highest BCUT2D eigenvalue weighted by molar-refractivity contribution is 5.94. The molecule has 20 heavy (non-hydrogen) atoms. The summed E-state index contributed by atoms with van der Waals surface area (Å²) < 4.78 is 38.2. The number of rotatable bonds is 3. The lowest BCUT2D eigenvalue weighted by Crippen LogP contribution is -2.39. The zero-order chi connectivity index (χ0) is 15.7. The molecule has 0 aliphatic carbocycles. The lowest BCUT2D eigenvalue weighted by molar-refractivity contribution is -0.136. The third kappa shape index (κ3) is 4.12. The molecule has 4 nitrogen and oxygen atoms in total. The first-order valence-corrected chi connectivity index (χ1v) is 5.86. The molecule has 1 amide bonds. The number of alkyl halides is 3. The third-order valence-corrected chi connectivity index (χ3v) is 2.58. The summed E-state index contributed by atoms with van der Waals surface area (Å²) in [5.74, 6) is -0.613. The van der Waals surface area contributed by atoms with Crippen LogP contribution in [0.3, 0.4) is 0 Å². The lowest BCUT2D eigenvalue weighted by atomic mass is 10.1. The Kier molecular flexibility index (Phi) is 4.33. The van der Waals surface area contributed by atoms with Crippen molar-refractivity contribution < 1.29 is 23.1 Å². The van der Waals surface area contributed by atoms with Crippen molar-refractivity contribution >= 4 is 11.6 Å². The minimum atomic E-state index is -4.62. The van der Waals surface area contributed by atoms with Crippen molar-refractivity contribution in [1.29, 1.82) is 0 Å². The van der Waals surface area contributed by atoms with Crippen LogP contribution in [0.2, 0.25) is 0 Å². The highest BCUT2D eigenvalue weighted by Gasteiger charge is 2.34. The summed E-state index contributed by atoms with van der Waals surface area (Å²) in [4.78, 5) is 13.2. The van der Waals surface area contributed by atoms with Gasteiger partial charge in [-0.1, -0.05) is 0 Å². The van der Waals surface area contributed by atoms with E-state index in [1.54, 1.807) is 0 Å². The predicted molar refractivity (Wildman–Crippen MR) is 69.1 cm³/mol. The van der Waals surface area contributed by atoms with E-state index in [2.05, 4.69) is 0 Å². The maximum absolute atomic E-state index is 12.7. The standard InChI is InChI=1S/C13H17F3N2O2/c1-12(2,20)7-18(3)11(19)8-4-5-10(17)9(6-8)13(14,15)16/h4-6,20H,7,17H2,1-3H3. The van der Waals surface area contributed by atoms with E-state index in [9.17, 15) is 23.1 Å². The molecule has 1 aromatic rings. The lowest BCUT2D eigenvalue weighted by Gasteiger charge is -2.26. The molecule has 0 saturated carbocycles. The molecule has 0 aromatic heterocycles. The maximum Gasteiger partial charge on any atom is 0.418 e. The average molecular weight is 290 g/mol. The molecular weight excluding hydrogens is 273 g/mol. The molecule has 0 spiro atoms. The Labute approximate surface area is 115 Å². The first-order valence-electron chi connectivity index (χ1n) is 5.86. The zero-order valence-electron chi connectivity index (χ0n) is 11.5. The van der Waals surface area contributed by atoms with E-state index in [1.807, 2.05) is 0 Å². The number of amides is 1. The smallest absolute Gasteiger partial charge is 0.398 e. The first-order chi connectivity index (χ1) is 8.92. The van der Waals surface area contributed by atoms with Gasteiger partial charge in [-0.25, -0.2) is 0 Å². The van der Waals surface area contributed by atoms with E-state index >= 15 is 0 Å². The molecule has 0 saturated heterocycles. The fraction of sp³-hybridized carbons (Fsp3) is 0.462. The third-order valence-electron chi connectivity index (χ3n) is 2.58. The summed E-state index contributed by atoms with van der Waals surface area (Å²) in [6.07, 6.45) is -4.62. The molecule has 3 N–H and O–H groups in total. The van der Waals surface area contributed by atoms with Gasteiger partial charge in [0.05, 0.1) is 11.2 Å². The SMILES string of the molecule is CN(CC(C)(C)O)C(=O)c1ccc(N)c(C(F)(F)F)c1. The summed E-state index contributed by atoms with van der Waals surface area (Å²) in [6, 6.07) is 3.00. The van der Waals surface area contributed by atoms with Gasteiger partial charge in [-0.2, -0.15) is 13.2 Å². The van der Waals surface area contributed by atoms with Gasteiger partial charge in [-0.05, 0) is 32.0 Å². The van der Waals surface area contributed by atoms with Crippen molar-refractivity contribution in [3.63, 3.8) is 0 Å². The number of carbonyl (C=O) groups excluding carboxylic acids is 1. The van der Waals surface area contributed by atoms with Crippen LogP contribution in [-0.2, 0) is 6.18 Å². The second-order valence-electron chi connectivity index (χ2n) is 5.27. The monoisotopic (exact) mass is 290 g/mol. The van der Waals surface area contributed by atoms with Gasteiger partial charge in [0.1, 0.15) is 0 Å². The molecule has 0 radical (unpaired) electrons. The Morgan fingerprint density at radius 3 is 2.35 bits per heavy atom. The fourth-order valence-electron chi connectivity index (χ4n) is 1.81. The topological polar surface area (TPSA) is 66.6 Å². The van der Waals surface area contributed by atoms with Crippen molar-refractivity contribution in [1.82, 2.24) is 4.90 Å². The van der Waals surface area contributed by atoms with Gasteiger partial charge in [0.2, 0.25) is 0 Å². The second-order valence-corrected chi connectivity index (χ2v) is 5.27. The van der Waals surface area contributed by atoms with Gasteiger partial charge in [-0.15, -0.1) is 0 Å². The molecule has 1 rings (SSSR count). The summed E-state index contributed by atoms with van der Waals surface area (Å²) in [5.41, 5.74) is 2.54. The molecule has 112 valence electrons. The summed E-state index contributed by atoms with van der Waals surface area (Å²) in [6.45, 7) is 3.00. The number of likely N-dealkylation sites (N-methyl/N-ethyl adjacent to an activating group) is 1. The average Bonchev–Trinajstić information content (AvgIpc) is 2.24. The predicted octanol–water partition coefficient (Wildman–Crippen LogP) is 2.13. The van der Waals surface area contributed by atoms with Gasteiger partial charge >= 0.3 is 6.18 Å². The van der Waals surface area contributed by atoms with Crippen molar-refractivity contribution in [3.8, 4) is 0 Å². The van der Waals surface area contributed by atoms with E-state index in [1.165, 1.54) is 27.0 Å². The highest BCUT2D eigenvalue weighted by Crippen LogP contribution is 2.34. The molecule has 0 atom stereocenters. The van der Waals surface area contributed by atoms with Gasteiger partial charge in [0.25, 0.3) is 5.91 Å². The summed E-state index contributed by atoms with van der Waals surface area (Å²) in [7, 11) is 1.41. The minimum absolute atomic E-state index is 0.00242. The molecular formula is C13H17F3N2O2. The highest BCUT2D eigenvalue weighted by atomic mass is 19.4. The van der Waals surface area contributed by atoms with Gasteiger partial charge < -0.3 is 15.7 Å². The Morgan fingerprint density at radius 1 is 1.35 bits per heavy atom. The number of nitrogens with two attached hydrogens (primary N) is 1. The number of benzene rings is 1. The Hall–Kier alpha value is -1.76. The molecule has 0 fully saturated rings. The molecule has 0 heterocycles. The first kappa shape index (κ1) is 16.3. The van der Waals surface area contributed by atoms with Crippen LogP contribution in [0, 0.1) is 0 Å². The molecule has 0 bridgehead atoms. The van der Waals surface area contributed by atoms with Crippen molar-refractivity contribution in [3.05, 3.63) is 29.3 Å². The van der Waals surface area contributed by atoms with Crippen LogP contribution in [0.5, 0.6) is 0 Å². The summed E-state index contributed by atoms with van der Waals surface area (Å²) in [5, 5.41) is 9.62. The number of halogens is 3. The van der Waals surface area contributed by atoms with Crippen LogP contribution in [0.15, 0.2) is 18.2 Å². The van der Waals surface area contributed by atoms with Crippen LogP contribution in [0.4, 0.5) is 18.9 Å². The normalized spacial score (nSPS) is 12.3. The molecule has 0 unspecified atom stereocenters. The Balaban J connectivity index is 3.06. The Morgan fingerprint density at radius 2 is 1.90 bits per heavy atom. The van der Waals surface area contributed by atoms with Crippen LogP contribution in [0.1, 0.15) is 29.8 Å². The maximum atomic E-state index is 12.7. The number of hydrogen-bond acceptors (Lipinski definition) is 3. The van der Waals surface area contributed by atoms with Crippen LogP contribution < -0.4 is 5.73 Å². The Bertz CT molecular complexity index is 507. The molecule has 7 heteroatoms. The summed E-state index contributed by atoms with van der Waals surface area (Å²) >= 11 is 0. The minimum Gasteiger partial charge on any atom is -0.398 e. The fourth-order valence-corrected chi connectivity index (χ4v) is 1.81.